The molecule has 1 amide bonds. The summed E-state index contributed by atoms with van der Waals surface area (Å²) in [5.41, 5.74) is 3.53. The lowest BCUT2D eigenvalue weighted by molar-refractivity contribution is -0.174. The molecule has 0 bridgehead atoms. The van der Waals surface area contributed by atoms with Gasteiger partial charge in [0.1, 0.15) is 11.7 Å². The summed E-state index contributed by atoms with van der Waals surface area (Å²) in [6, 6.07) is 5.85. The minimum absolute atomic E-state index is 0.0271. The second-order valence-corrected chi connectivity index (χ2v) is 7.90. The van der Waals surface area contributed by atoms with E-state index >= 15 is 0 Å². The summed E-state index contributed by atoms with van der Waals surface area (Å²) < 4.78 is 17.5. The van der Waals surface area contributed by atoms with E-state index in [2.05, 4.69) is 9.97 Å². The number of carbonyl (C=O) groups excluding carboxylic acids is 1. The molecule has 146 valence electrons. The van der Waals surface area contributed by atoms with Gasteiger partial charge in [-0.2, -0.15) is 0 Å². The van der Waals surface area contributed by atoms with Gasteiger partial charge in [-0.3, -0.25) is 9.78 Å². The first-order valence-corrected chi connectivity index (χ1v) is 9.68. The second-order valence-electron chi connectivity index (χ2n) is 7.90. The first kappa shape index (κ1) is 17.6. The first-order chi connectivity index (χ1) is 13.6. The van der Waals surface area contributed by atoms with Crippen LogP contribution in [0.2, 0.25) is 0 Å². The summed E-state index contributed by atoms with van der Waals surface area (Å²) in [6.45, 7) is 4.94. The van der Waals surface area contributed by atoms with Crippen molar-refractivity contribution in [3.63, 3.8) is 0 Å². The van der Waals surface area contributed by atoms with Crippen LogP contribution in [0.25, 0.3) is 0 Å². The minimum Gasteiger partial charge on any atom is -0.473 e. The number of benzene rings is 1. The standard InChI is InChI=1S/C21H23N3O4/c1-14-8-22-9-19(23-14)28-18-4-5-27-21(7-18)12-24(13-21)20(25)15-2-3-16-10-26-11-17(16)6-15/h2-3,6,8-9,18H,4-5,7,10-13H2,1H3/t18-/m0/s1. The molecule has 1 spiro atoms. The van der Waals surface area contributed by atoms with Gasteiger partial charge in [0.15, 0.2) is 0 Å². The lowest BCUT2D eigenvalue weighted by atomic mass is 9.84. The smallest absolute Gasteiger partial charge is 0.254 e. The molecular weight excluding hydrogens is 358 g/mol. The van der Waals surface area contributed by atoms with Gasteiger partial charge in [0.05, 0.1) is 44.8 Å². The molecule has 1 aromatic heterocycles. The van der Waals surface area contributed by atoms with Crippen molar-refractivity contribution in [3.8, 4) is 5.88 Å². The molecule has 0 aliphatic carbocycles. The van der Waals surface area contributed by atoms with Crippen LogP contribution >= 0.6 is 0 Å². The number of ether oxygens (including phenoxy) is 3. The van der Waals surface area contributed by atoms with E-state index in [1.54, 1.807) is 12.4 Å². The van der Waals surface area contributed by atoms with Crippen LogP contribution in [0.15, 0.2) is 30.6 Å². The van der Waals surface area contributed by atoms with Crippen LogP contribution < -0.4 is 4.74 Å². The number of hydrogen-bond acceptors (Lipinski definition) is 6. The highest BCUT2D eigenvalue weighted by atomic mass is 16.5. The van der Waals surface area contributed by atoms with Gasteiger partial charge in [0.25, 0.3) is 5.91 Å². The number of carbonyl (C=O) groups is 1. The Balaban J connectivity index is 1.22. The lowest BCUT2D eigenvalue weighted by Crippen LogP contribution is -2.67. The fourth-order valence-corrected chi connectivity index (χ4v) is 4.25. The third kappa shape index (κ3) is 3.25. The zero-order chi connectivity index (χ0) is 19.1. The SMILES string of the molecule is Cc1cncc(O[C@H]2CCOC3(C2)CN(C(=O)c2ccc4c(c2)COC4)C3)n1. The highest BCUT2D eigenvalue weighted by Gasteiger charge is 2.50. The van der Waals surface area contributed by atoms with Crippen LogP contribution in [-0.4, -0.2) is 52.2 Å². The van der Waals surface area contributed by atoms with Crippen LogP contribution in [-0.2, 0) is 22.7 Å². The van der Waals surface area contributed by atoms with Gasteiger partial charge >= 0.3 is 0 Å². The number of amides is 1. The number of rotatable bonds is 3. The number of hydrogen-bond donors (Lipinski definition) is 0. The van der Waals surface area contributed by atoms with E-state index in [1.165, 1.54) is 5.56 Å². The van der Waals surface area contributed by atoms with Crippen molar-refractivity contribution in [3.05, 3.63) is 53.0 Å². The Morgan fingerprint density at radius 1 is 1.25 bits per heavy atom. The molecule has 2 aromatic rings. The lowest BCUT2D eigenvalue weighted by Gasteiger charge is -2.52. The Morgan fingerprint density at radius 3 is 2.96 bits per heavy atom. The van der Waals surface area contributed by atoms with E-state index in [0.29, 0.717) is 38.8 Å². The quantitative estimate of drug-likeness (QED) is 0.812. The number of likely N-dealkylation sites (tertiary alicyclic amines) is 1. The maximum absolute atomic E-state index is 12.8. The Morgan fingerprint density at radius 2 is 2.11 bits per heavy atom. The van der Waals surface area contributed by atoms with Crippen molar-refractivity contribution in [2.75, 3.05) is 19.7 Å². The number of aryl methyl sites for hydroxylation is 1. The average Bonchev–Trinajstić information content (AvgIpc) is 3.13. The highest BCUT2D eigenvalue weighted by Crippen LogP contribution is 2.36. The van der Waals surface area contributed by atoms with Crippen LogP contribution in [0, 0.1) is 6.92 Å². The molecule has 3 aliphatic rings. The summed E-state index contributed by atoms with van der Waals surface area (Å²) in [4.78, 5) is 23.2. The Hall–Kier alpha value is -2.51. The maximum atomic E-state index is 12.8. The Kier molecular flexibility index (Phi) is 4.29. The Labute approximate surface area is 163 Å². The molecule has 5 rings (SSSR count). The summed E-state index contributed by atoms with van der Waals surface area (Å²) in [7, 11) is 0. The predicted molar refractivity (Wildman–Crippen MR) is 99.9 cm³/mol. The van der Waals surface area contributed by atoms with E-state index in [0.717, 1.165) is 29.7 Å². The molecule has 2 fully saturated rings. The number of fused-ring (bicyclic) bond motifs is 1. The van der Waals surface area contributed by atoms with Crippen LogP contribution in [0.3, 0.4) is 0 Å². The van der Waals surface area contributed by atoms with Gasteiger partial charge in [-0.15, -0.1) is 0 Å². The van der Waals surface area contributed by atoms with Crippen LogP contribution in [0.4, 0.5) is 0 Å². The third-order valence-electron chi connectivity index (χ3n) is 5.68. The van der Waals surface area contributed by atoms with Crippen LogP contribution in [0.5, 0.6) is 5.88 Å². The average molecular weight is 381 g/mol. The molecule has 4 heterocycles. The molecule has 28 heavy (non-hydrogen) atoms. The normalized spacial score (nSPS) is 22.6. The number of aromatic nitrogens is 2. The number of nitrogens with zero attached hydrogens (tertiary/aromatic N) is 3. The molecule has 0 unspecified atom stereocenters. The van der Waals surface area contributed by atoms with E-state index < -0.39 is 0 Å². The van der Waals surface area contributed by atoms with Crippen molar-refractivity contribution in [1.82, 2.24) is 14.9 Å². The first-order valence-electron chi connectivity index (χ1n) is 9.68. The molecule has 2 saturated heterocycles. The van der Waals surface area contributed by atoms with Gasteiger partial charge in [0.2, 0.25) is 5.88 Å². The molecule has 1 atom stereocenters. The molecule has 7 heteroatoms. The van der Waals surface area contributed by atoms with Crippen molar-refractivity contribution in [1.29, 1.82) is 0 Å². The van der Waals surface area contributed by atoms with Gasteiger partial charge in [0, 0.05) is 24.6 Å². The molecule has 0 saturated carbocycles. The molecular formula is C21H23N3O4. The minimum atomic E-state index is -0.310. The molecule has 3 aliphatic heterocycles. The zero-order valence-electron chi connectivity index (χ0n) is 15.9. The van der Waals surface area contributed by atoms with Crippen molar-refractivity contribution < 1.29 is 19.0 Å². The Bertz CT molecular complexity index is 910. The summed E-state index contributed by atoms with van der Waals surface area (Å²) in [5, 5.41) is 0. The molecule has 1 aromatic carbocycles. The zero-order valence-corrected chi connectivity index (χ0v) is 15.9. The van der Waals surface area contributed by atoms with E-state index in [4.69, 9.17) is 14.2 Å². The predicted octanol–water partition coefficient (Wildman–Crippen LogP) is 2.27. The summed E-state index contributed by atoms with van der Waals surface area (Å²) >= 11 is 0. The van der Waals surface area contributed by atoms with Gasteiger partial charge in [-0.05, 0) is 30.2 Å². The van der Waals surface area contributed by atoms with Crippen molar-refractivity contribution >= 4 is 5.91 Å². The molecule has 7 nitrogen and oxygen atoms in total. The van der Waals surface area contributed by atoms with E-state index in [9.17, 15) is 4.79 Å². The van der Waals surface area contributed by atoms with Crippen molar-refractivity contribution in [2.24, 2.45) is 0 Å². The summed E-state index contributed by atoms with van der Waals surface area (Å²) in [5.74, 6) is 0.603. The van der Waals surface area contributed by atoms with Gasteiger partial charge in [-0.25, -0.2) is 4.98 Å². The fraction of sp³-hybridized carbons (Fsp3) is 0.476. The highest BCUT2D eigenvalue weighted by molar-refractivity contribution is 5.95. The van der Waals surface area contributed by atoms with Crippen LogP contribution in [0.1, 0.15) is 40.0 Å². The third-order valence-corrected chi connectivity index (χ3v) is 5.68. The van der Waals surface area contributed by atoms with E-state index in [-0.39, 0.29) is 17.6 Å². The largest absolute Gasteiger partial charge is 0.473 e. The second kappa shape index (κ2) is 6.83. The summed E-state index contributed by atoms with van der Waals surface area (Å²) in [6.07, 6.45) is 4.95. The van der Waals surface area contributed by atoms with Crippen molar-refractivity contribution in [2.45, 2.75) is 44.7 Å². The van der Waals surface area contributed by atoms with Gasteiger partial charge < -0.3 is 19.1 Å². The van der Waals surface area contributed by atoms with Gasteiger partial charge in [-0.1, -0.05) is 6.07 Å². The fourth-order valence-electron chi connectivity index (χ4n) is 4.25. The molecule has 0 radical (unpaired) electrons. The monoisotopic (exact) mass is 381 g/mol. The molecule has 0 N–H and O–H groups in total. The topological polar surface area (TPSA) is 73.8 Å². The van der Waals surface area contributed by atoms with E-state index in [1.807, 2.05) is 30.0 Å². The maximum Gasteiger partial charge on any atom is 0.254 e.